The van der Waals surface area contributed by atoms with Gasteiger partial charge < -0.3 is 4.90 Å². The zero-order valence-electron chi connectivity index (χ0n) is 16.1. The second kappa shape index (κ2) is 8.41. The van der Waals surface area contributed by atoms with E-state index in [4.69, 9.17) is 0 Å². The molecule has 0 saturated carbocycles. The lowest BCUT2D eigenvalue weighted by molar-refractivity contribution is -0.136. The maximum atomic E-state index is 13.8. The third-order valence-electron chi connectivity index (χ3n) is 5.20. The number of hydrogen-bond acceptors (Lipinski definition) is 3. The number of carbonyl (C=O) groups excluding carboxylic acids is 1. The Labute approximate surface area is 165 Å². The number of rotatable bonds is 5. The maximum Gasteiger partial charge on any atom is 0.243 e. The van der Waals surface area contributed by atoms with Crippen LogP contribution in [0.5, 0.6) is 0 Å². The molecule has 1 amide bonds. The van der Waals surface area contributed by atoms with Gasteiger partial charge in [-0.1, -0.05) is 35.9 Å². The monoisotopic (exact) mass is 404 g/mol. The molecule has 1 heterocycles. The van der Waals surface area contributed by atoms with Crippen molar-refractivity contribution in [3.05, 3.63) is 65.5 Å². The molecule has 1 aliphatic heterocycles. The average molecular weight is 405 g/mol. The van der Waals surface area contributed by atoms with Crippen LogP contribution in [-0.2, 0) is 21.4 Å². The second-order valence-electron chi connectivity index (χ2n) is 7.28. The number of piperidine rings is 1. The van der Waals surface area contributed by atoms with Crippen LogP contribution in [0.25, 0.3) is 0 Å². The standard InChI is InChI=1S/C21H25FN2O3S/c1-16-7-9-19(10-8-16)28(26,27)24-13-11-17(12-14-24)21(25)23(2)15-18-5-3-4-6-20(18)22/h3-10,17H,11-15H2,1-2H3. The minimum atomic E-state index is -3.54. The molecule has 150 valence electrons. The van der Waals surface area contributed by atoms with Crippen LogP contribution in [0.2, 0.25) is 0 Å². The van der Waals surface area contributed by atoms with E-state index in [9.17, 15) is 17.6 Å². The van der Waals surface area contributed by atoms with Gasteiger partial charge in [-0.2, -0.15) is 4.31 Å². The minimum absolute atomic E-state index is 0.0735. The SMILES string of the molecule is Cc1ccc(S(=O)(=O)N2CCC(C(=O)N(C)Cc3ccccc3F)CC2)cc1. The number of aryl methyl sites for hydroxylation is 1. The van der Waals surface area contributed by atoms with E-state index in [0.717, 1.165) is 5.56 Å². The molecular formula is C21H25FN2O3S. The first kappa shape index (κ1) is 20.5. The molecule has 7 heteroatoms. The summed E-state index contributed by atoms with van der Waals surface area (Å²) in [5.41, 5.74) is 1.47. The topological polar surface area (TPSA) is 57.7 Å². The summed E-state index contributed by atoms with van der Waals surface area (Å²) in [7, 11) is -1.89. The Morgan fingerprint density at radius 2 is 1.71 bits per heavy atom. The zero-order valence-corrected chi connectivity index (χ0v) is 17.0. The lowest BCUT2D eigenvalue weighted by Gasteiger charge is -2.32. The molecule has 0 bridgehead atoms. The Morgan fingerprint density at radius 3 is 2.32 bits per heavy atom. The Bertz CT molecular complexity index is 936. The van der Waals surface area contributed by atoms with Gasteiger partial charge in [0.05, 0.1) is 4.90 Å². The number of amides is 1. The summed E-state index contributed by atoms with van der Waals surface area (Å²) in [6.45, 7) is 2.72. The molecule has 2 aromatic carbocycles. The highest BCUT2D eigenvalue weighted by molar-refractivity contribution is 7.89. The molecule has 3 rings (SSSR count). The van der Waals surface area contributed by atoms with Crippen molar-refractivity contribution in [2.45, 2.75) is 31.2 Å². The van der Waals surface area contributed by atoms with Crippen LogP contribution in [0.15, 0.2) is 53.4 Å². The Kier molecular flexibility index (Phi) is 6.15. The lowest BCUT2D eigenvalue weighted by atomic mass is 9.96. The van der Waals surface area contributed by atoms with Gasteiger partial charge in [-0.15, -0.1) is 0 Å². The molecule has 0 aromatic heterocycles. The van der Waals surface area contributed by atoms with Crippen molar-refractivity contribution >= 4 is 15.9 Å². The molecule has 0 N–H and O–H groups in total. The second-order valence-corrected chi connectivity index (χ2v) is 9.22. The predicted octanol–water partition coefficient (Wildman–Crippen LogP) is 3.19. The lowest BCUT2D eigenvalue weighted by Crippen LogP contribution is -2.43. The van der Waals surface area contributed by atoms with E-state index in [2.05, 4.69) is 0 Å². The largest absolute Gasteiger partial charge is 0.341 e. The van der Waals surface area contributed by atoms with E-state index >= 15 is 0 Å². The molecule has 28 heavy (non-hydrogen) atoms. The molecule has 0 aliphatic carbocycles. The molecule has 0 atom stereocenters. The maximum absolute atomic E-state index is 13.8. The zero-order chi connectivity index (χ0) is 20.3. The minimum Gasteiger partial charge on any atom is -0.341 e. The van der Waals surface area contributed by atoms with E-state index in [0.29, 0.717) is 31.5 Å². The number of carbonyl (C=O) groups is 1. The highest BCUT2D eigenvalue weighted by atomic mass is 32.2. The Balaban J connectivity index is 1.60. The van der Waals surface area contributed by atoms with Gasteiger partial charge in [-0.3, -0.25) is 4.79 Å². The van der Waals surface area contributed by atoms with E-state index in [-0.39, 0.29) is 29.1 Å². The van der Waals surface area contributed by atoms with Gasteiger partial charge in [0.1, 0.15) is 5.82 Å². The molecule has 1 saturated heterocycles. The predicted molar refractivity (Wildman–Crippen MR) is 106 cm³/mol. The quantitative estimate of drug-likeness (QED) is 0.769. The molecule has 0 spiro atoms. The summed E-state index contributed by atoms with van der Waals surface area (Å²) in [6, 6.07) is 13.2. The summed E-state index contributed by atoms with van der Waals surface area (Å²) in [4.78, 5) is 14.5. The van der Waals surface area contributed by atoms with Crippen molar-refractivity contribution in [1.29, 1.82) is 0 Å². The highest BCUT2D eigenvalue weighted by Gasteiger charge is 2.33. The molecule has 1 fully saturated rings. The Morgan fingerprint density at radius 1 is 1.11 bits per heavy atom. The van der Waals surface area contributed by atoms with Crippen molar-refractivity contribution in [3.63, 3.8) is 0 Å². The molecule has 1 aliphatic rings. The van der Waals surface area contributed by atoms with Crippen molar-refractivity contribution in [2.75, 3.05) is 20.1 Å². The van der Waals surface area contributed by atoms with Crippen molar-refractivity contribution in [2.24, 2.45) is 5.92 Å². The van der Waals surface area contributed by atoms with Crippen molar-refractivity contribution in [3.8, 4) is 0 Å². The summed E-state index contributed by atoms with van der Waals surface area (Å²) in [6.07, 6.45) is 0.928. The van der Waals surface area contributed by atoms with Gasteiger partial charge in [0, 0.05) is 38.2 Å². The number of sulfonamides is 1. The summed E-state index contributed by atoms with van der Waals surface area (Å²) in [5.74, 6) is -0.655. The Hall–Kier alpha value is -2.25. The summed E-state index contributed by atoms with van der Waals surface area (Å²) in [5, 5.41) is 0. The number of nitrogens with zero attached hydrogens (tertiary/aromatic N) is 2. The van der Waals surface area contributed by atoms with Crippen LogP contribution in [0, 0.1) is 18.7 Å². The molecule has 0 radical (unpaired) electrons. The van der Waals surface area contributed by atoms with Gasteiger partial charge in [-0.05, 0) is 38.0 Å². The van der Waals surface area contributed by atoms with Gasteiger partial charge >= 0.3 is 0 Å². The molecule has 2 aromatic rings. The van der Waals surface area contributed by atoms with E-state index in [1.165, 1.54) is 15.3 Å². The van der Waals surface area contributed by atoms with Crippen molar-refractivity contribution < 1.29 is 17.6 Å². The number of hydrogen-bond donors (Lipinski definition) is 0. The third-order valence-corrected chi connectivity index (χ3v) is 7.12. The van der Waals surface area contributed by atoms with E-state index < -0.39 is 10.0 Å². The first-order valence-corrected chi connectivity index (χ1v) is 10.8. The number of halogens is 1. The molecule has 0 unspecified atom stereocenters. The van der Waals surface area contributed by atoms with Crippen molar-refractivity contribution in [1.82, 2.24) is 9.21 Å². The fourth-order valence-corrected chi connectivity index (χ4v) is 4.94. The first-order valence-electron chi connectivity index (χ1n) is 9.34. The third kappa shape index (κ3) is 4.42. The molecular weight excluding hydrogens is 379 g/mol. The van der Waals surface area contributed by atoms with Crippen LogP contribution in [0.4, 0.5) is 4.39 Å². The first-order chi connectivity index (χ1) is 13.3. The normalized spacial score (nSPS) is 16.1. The van der Waals surface area contributed by atoms with Crippen LogP contribution in [0.3, 0.4) is 0 Å². The average Bonchev–Trinajstić information content (AvgIpc) is 2.69. The summed E-state index contributed by atoms with van der Waals surface area (Å²) >= 11 is 0. The summed E-state index contributed by atoms with van der Waals surface area (Å²) < 4.78 is 40.8. The van der Waals surface area contributed by atoms with Gasteiger partial charge in [-0.25, -0.2) is 12.8 Å². The van der Waals surface area contributed by atoms with Crippen LogP contribution >= 0.6 is 0 Å². The fraction of sp³-hybridized carbons (Fsp3) is 0.381. The van der Waals surface area contributed by atoms with Crippen LogP contribution in [-0.4, -0.2) is 43.7 Å². The smallest absolute Gasteiger partial charge is 0.243 e. The van der Waals surface area contributed by atoms with Gasteiger partial charge in [0.25, 0.3) is 0 Å². The fourth-order valence-electron chi connectivity index (χ4n) is 3.47. The van der Waals surface area contributed by atoms with E-state index in [1.807, 2.05) is 6.92 Å². The molecule has 5 nitrogen and oxygen atoms in total. The van der Waals surface area contributed by atoms with Crippen LogP contribution < -0.4 is 0 Å². The van der Waals surface area contributed by atoms with Gasteiger partial charge in [0.15, 0.2) is 0 Å². The highest BCUT2D eigenvalue weighted by Crippen LogP contribution is 2.25. The number of benzene rings is 2. The van der Waals surface area contributed by atoms with Crippen LogP contribution in [0.1, 0.15) is 24.0 Å². The van der Waals surface area contributed by atoms with Gasteiger partial charge in [0.2, 0.25) is 15.9 Å². The van der Waals surface area contributed by atoms with E-state index in [1.54, 1.807) is 49.5 Å².